The summed E-state index contributed by atoms with van der Waals surface area (Å²) in [4.78, 5) is 29.5. The number of piperazine rings is 1. The molecule has 3 unspecified atom stereocenters. The van der Waals surface area contributed by atoms with Crippen LogP contribution in [0.1, 0.15) is 69.5 Å². The van der Waals surface area contributed by atoms with E-state index in [0.29, 0.717) is 30.2 Å². The van der Waals surface area contributed by atoms with Crippen LogP contribution < -0.4 is 19.5 Å². The van der Waals surface area contributed by atoms with Gasteiger partial charge in [-0.25, -0.2) is 4.79 Å². The van der Waals surface area contributed by atoms with E-state index in [0.717, 1.165) is 67.3 Å². The molecule has 0 radical (unpaired) electrons. The zero-order chi connectivity index (χ0) is 33.8. The first kappa shape index (κ1) is 35.9. The summed E-state index contributed by atoms with van der Waals surface area (Å²) in [6.07, 6.45) is 6.21. The number of carbonyl (C=O) groups is 2. The first-order chi connectivity index (χ1) is 22.8. The Kier molecular flexibility index (Phi) is 13.2. The molecule has 0 aliphatic carbocycles. The molecule has 0 saturated carbocycles. The second-order valence-electron chi connectivity index (χ2n) is 12.4. The van der Waals surface area contributed by atoms with Crippen LogP contribution in [0, 0.1) is 5.21 Å². The summed E-state index contributed by atoms with van der Waals surface area (Å²) < 4.78 is 15.4. The molecule has 1 N–H and O–H groups in total. The molecule has 0 spiro atoms. The maximum absolute atomic E-state index is 14.1. The maximum Gasteiger partial charge on any atom is 0.331 e. The van der Waals surface area contributed by atoms with Crippen molar-refractivity contribution in [3.8, 4) is 28.4 Å². The lowest BCUT2D eigenvalue weighted by molar-refractivity contribution is -0.801. The Morgan fingerprint density at radius 2 is 1.57 bits per heavy atom. The number of quaternary nitrogens is 1. The van der Waals surface area contributed by atoms with Crippen molar-refractivity contribution >= 4 is 11.8 Å². The van der Waals surface area contributed by atoms with Crippen LogP contribution in [0.5, 0.6) is 17.2 Å². The molecule has 9 nitrogen and oxygen atoms in total. The lowest BCUT2D eigenvalue weighted by Crippen LogP contribution is -2.67. The van der Waals surface area contributed by atoms with Crippen LogP contribution >= 0.6 is 0 Å². The van der Waals surface area contributed by atoms with Crippen LogP contribution in [-0.2, 0) is 16.0 Å². The lowest BCUT2D eigenvalue weighted by Gasteiger charge is -2.48. The van der Waals surface area contributed by atoms with Crippen molar-refractivity contribution in [2.75, 3.05) is 47.5 Å². The molecule has 47 heavy (non-hydrogen) atoms. The Labute approximate surface area is 280 Å². The molecule has 3 aromatic rings. The molecule has 4 rings (SSSR count). The van der Waals surface area contributed by atoms with Gasteiger partial charge in [-0.15, -0.1) is 0 Å². The molecule has 0 aromatic heterocycles. The summed E-state index contributed by atoms with van der Waals surface area (Å²) in [5.74, 6) is 0.829. The number of nitrogens with zero attached hydrogens (tertiary/aromatic N) is 2. The summed E-state index contributed by atoms with van der Waals surface area (Å²) in [5.41, 5.74) is 3.80. The van der Waals surface area contributed by atoms with Crippen LogP contribution in [-0.4, -0.2) is 74.9 Å². The van der Waals surface area contributed by atoms with Gasteiger partial charge in [0.05, 0.1) is 33.9 Å². The van der Waals surface area contributed by atoms with Gasteiger partial charge >= 0.3 is 5.91 Å². The number of benzene rings is 3. The molecule has 0 bridgehead atoms. The number of methoxy groups -OCH3 is 3. The molecule has 1 aliphatic heterocycles. The Morgan fingerprint density at radius 1 is 0.915 bits per heavy atom. The van der Waals surface area contributed by atoms with Gasteiger partial charge in [0.15, 0.2) is 18.0 Å². The number of rotatable bonds is 17. The smallest absolute Gasteiger partial charge is 0.331 e. The van der Waals surface area contributed by atoms with Crippen molar-refractivity contribution in [1.29, 1.82) is 0 Å². The van der Waals surface area contributed by atoms with Crippen LogP contribution in [0.25, 0.3) is 11.1 Å². The van der Waals surface area contributed by atoms with Crippen molar-refractivity contribution in [3.63, 3.8) is 0 Å². The number of hydrogen-bond donors (Lipinski definition) is 1. The maximum atomic E-state index is 14.1. The SMILES string of the molecule is CCCCCC(NC(=O)C[N+]1([O-])CCN(CCCC)C(Cc2ccc(-c3cc(OC)c(OC)c(OC)c3)cc2)C1=O)c1ccccc1. The number of ether oxygens (including phenoxy) is 3. The van der Waals surface area contributed by atoms with E-state index in [-0.39, 0.29) is 18.5 Å². The lowest BCUT2D eigenvalue weighted by atomic mass is 9.97. The van der Waals surface area contributed by atoms with Crippen molar-refractivity contribution < 1.29 is 28.4 Å². The normalized spacial score (nSPS) is 18.9. The van der Waals surface area contributed by atoms with Crippen molar-refractivity contribution in [2.45, 2.75) is 70.9 Å². The minimum atomic E-state index is -1.14. The number of nitrogens with one attached hydrogen (secondary N) is 1. The predicted octanol–water partition coefficient (Wildman–Crippen LogP) is 6.69. The van der Waals surface area contributed by atoms with Gasteiger partial charge in [-0.3, -0.25) is 14.3 Å². The molecule has 1 fully saturated rings. The van der Waals surface area contributed by atoms with Gasteiger partial charge in [-0.1, -0.05) is 94.1 Å². The van der Waals surface area contributed by atoms with Gasteiger partial charge in [0.2, 0.25) is 5.75 Å². The van der Waals surface area contributed by atoms with Crippen molar-refractivity contribution in [2.24, 2.45) is 0 Å². The third kappa shape index (κ3) is 9.12. The number of amides is 2. The Balaban J connectivity index is 1.51. The minimum absolute atomic E-state index is 0.0678. The summed E-state index contributed by atoms with van der Waals surface area (Å²) >= 11 is 0. The monoisotopic (exact) mass is 645 g/mol. The van der Waals surface area contributed by atoms with Gasteiger partial charge in [0.1, 0.15) is 6.04 Å². The molecular formula is C38H51N3O6. The second-order valence-corrected chi connectivity index (χ2v) is 12.4. The van der Waals surface area contributed by atoms with E-state index in [9.17, 15) is 14.8 Å². The molecule has 9 heteroatoms. The Hall–Kier alpha value is -3.92. The number of hydroxylamine groups is 3. The molecule has 254 valence electrons. The average Bonchev–Trinajstić information content (AvgIpc) is 3.09. The standard InChI is InChI=1S/C38H51N3O6/c1-6-8-11-16-32(30-14-12-10-13-15-30)39-36(42)27-41(44)23-22-40(21-9-7-2)33(38(41)43)24-28-17-19-29(20-18-28)31-25-34(45-3)37(47-5)35(26-31)46-4/h10,12-15,17-20,25-26,32-33H,6-9,11,16,21-24,27H2,1-5H3,(H,39,42). The topological polar surface area (TPSA) is 100 Å². The molecule has 3 atom stereocenters. The quantitative estimate of drug-likeness (QED) is 0.0993. The molecular weight excluding hydrogens is 594 g/mol. The Morgan fingerprint density at radius 3 is 2.17 bits per heavy atom. The third-order valence-electron chi connectivity index (χ3n) is 9.09. The second kappa shape index (κ2) is 17.3. The summed E-state index contributed by atoms with van der Waals surface area (Å²) in [6, 6.07) is 20.8. The van der Waals surface area contributed by atoms with E-state index >= 15 is 0 Å². The first-order valence-corrected chi connectivity index (χ1v) is 16.9. The highest BCUT2D eigenvalue weighted by Crippen LogP contribution is 2.41. The molecule has 2 amide bonds. The van der Waals surface area contributed by atoms with E-state index in [1.807, 2.05) is 66.7 Å². The predicted molar refractivity (Wildman–Crippen MR) is 185 cm³/mol. The van der Waals surface area contributed by atoms with Gasteiger partial charge in [-0.2, -0.15) is 0 Å². The van der Waals surface area contributed by atoms with Crippen LogP contribution in [0.15, 0.2) is 66.7 Å². The first-order valence-electron chi connectivity index (χ1n) is 16.9. The highest BCUT2D eigenvalue weighted by atomic mass is 16.6. The van der Waals surface area contributed by atoms with Crippen molar-refractivity contribution in [1.82, 2.24) is 10.2 Å². The van der Waals surface area contributed by atoms with E-state index in [1.165, 1.54) is 0 Å². The molecule has 1 heterocycles. The third-order valence-corrected chi connectivity index (χ3v) is 9.09. The summed E-state index contributed by atoms with van der Waals surface area (Å²) in [5, 5.41) is 17.2. The van der Waals surface area contributed by atoms with E-state index < -0.39 is 23.1 Å². The molecule has 1 saturated heterocycles. The minimum Gasteiger partial charge on any atom is -0.625 e. The number of unbranched alkanes of at least 4 members (excludes halogenated alkanes) is 3. The molecule has 1 aliphatic rings. The fourth-order valence-electron chi connectivity index (χ4n) is 6.37. The van der Waals surface area contributed by atoms with E-state index in [1.54, 1.807) is 21.3 Å². The van der Waals surface area contributed by atoms with E-state index in [2.05, 4.69) is 24.1 Å². The highest BCUT2D eigenvalue weighted by Gasteiger charge is 2.44. The van der Waals surface area contributed by atoms with E-state index in [4.69, 9.17) is 14.2 Å². The summed E-state index contributed by atoms with van der Waals surface area (Å²) in [7, 11) is 4.75. The van der Waals surface area contributed by atoms with Gasteiger partial charge in [0.25, 0.3) is 5.91 Å². The van der Waals surface area contributed by atoms with Crippen LogP contribution in [0.3, 0.4) is 0 Å². The fraction of sp³-hybridized carbons (Fsp3) is 0.474. The molecule has 3 aromatic carbocycles. The fourth-order valence-corrected chi connectivity index (χ4v) is 6.37. The number of hydrogen-bond acceptors (Lipinski definition) is 7. The van der Waals surface area contributed by atoms with Crippen LogP contribution in [0.2, 0.25) is 0 Å². The van der Waals surface area contributed by atoms with Gasteiger partial charge < -0.3 is 24.7 Å². The van der Waals surface area contributed by atoms with Gasteiger partial charge in [-0.05, 0) is 53.8 Å². The summed E-state index contributed by atoms with van der Waals surface area (Å²) in [6.45, 7) is 5.12. The Bertz CT molecular complexity index is 1420. The zero-order valence-electron chi connectivity index (χ0n) is 28.6. The van der Waals surface area contributed by atoms with Crippen LogP contribution in [0.4, 0.5) is 0 Å². The highest BCUT2D eigenvalue weighted by molar-refractivity contribution is 5.83. The average molecular weight is 646 g/mol. The zero-order valence-corrected chi connectivity index (χ0v) is 28.6. The van der Waals surface area contributed by atoms with Gasteiger partial charge in [0, 0.05) is 13.0 Å². The number of carbonyl (C=O) groups excluding carboxylic acids is 2. The largest absolute Gasteiger partial charge is 0.625 e. The van der Waals surface area contributed by atoms with Crippen molar-refractivity contribution in [3.05, 3.63) is 83.1 Å².